The van der Waals surface area contributed by atoms with Crippen molar-refractivity contribution in [3.05, 3.63) is 65.2 Å². The number of rotatable bonds is 17. The van der Waals surface area contributed by atoms with Gasteiger partial charge in [-0.2, -0.15) is 0 Å². The number of unbranched alkanes of at least 4 members (excludes halogenated alkanes) is 7. The molecule has 0 spiro atoms. The summed E-state index contributed by atoms with van der Waals surface area (Å²) in [5, 5.41) is 0.191. The molecule has 0 fully saturated rings. The second-order valence-electron chi connectivity index (χ2n) is 10.5. The van der Waals surface area contributed by atoms with E-state index >= 15 is 0 Å². The molecule has 41 heavy (non-hydrogen) atoms. The molecule has 2 aromatic rings. The Hall–Kier alpha value is -2.80. The molecule has 2 atom stereocenters. The molecule has 0 saturated carbocycles. The second-order valence-corrected chi connectivity index (χ2v) is 12.5. The molecule has 0 amide bonds. The number of carbonyl (C=O) groups excluding carboxylic acids is 1. The minimum absolute atomic E-state index is 0.191. The van der Waals surface area contributed by atoms with Crippen molar-refractivity contribution in [1.82, 2.24) is 0 Å². The summed E-state index contributed by atoms with van der Waals surface area (Å²) >= 11 is 0. The summed E-state index contributed by atoms with van der Waals surface area (Å²) in [5.74, 6) is 3.01. The Bertz CT molecular complexity index is 1080. The number of methoxy groups -OCH3 is 1. The summed E-state index contributed by atoms with van der Waals surface area (Å²) in [4.78, 5) is 11.7. The van der Waals surface area contributed by atoms with Gasteiger partial charge in [-0.25, -0.2) is 4.79 Å². The van der Waals surface area contributed by atoms with E-state index in [4.69, 9.17) is 18.9 Å². The van der Waals surface area contributed by atoms with E-state index in [1.165, 1.54) is 37.7 Å². The lowest BCUT2D eigenvalue weighted by Gasteiger charge is -2.12. The fourth-order valence-electron chi connectivity index (χ4n) is 4.31. The highest BCUT2D eigenvalue weighted by atomic mass is 32.2. The quantitative estimate of drug-likeness (QED) is 0.105. The van der Waals surface area contributed by atoms with Crippen LogP contribution in [-0.2, 0) is 33.4 Å². The van der Waals surface area contributed by atoms with Crippen molar-refractivity contribution in [2.24, 2.45) is 0 Å². The highest BCUT2D eigenvalue weighted by Gasteiger charge is 2.16. The Morgan fingerprint density at radius 1 is 0.927 bits per heavy atom. The van der Waals surface area contributed by atoms with Crippen molar-refractivity contribution in [2.75, 3.05) is 19.7 Å². The summed E-state index contributed by atoms with van der Waals surface area (Å²) in [6, 6.07) is 13.5. The van der Waals surface area contributed by atoms with E-state index in [2.05, 4.69) is 20.8 Å². The van der Waals surface area contributed by atoms with Crippen LogP contribution in [0.2, 0.25) is 0 Å². The highest BCUT2D eigenvalue weighted by molar-refractivity contribution is 7.85. The molecule has 0 radical (unpaired) electrons. The molecule has 7 heteroatoms. The molecule has 2 unspecified atom stereocenters. The molecule has 0 aliphatic carbocycles. The zero-order chi connectivity index (χ0) is 29.9. The first-order valence-electron chi connectivity index (χ1n) is 15.1. The minimum Gasteiger partial charge on any atom is -0.497 e. The molecule has 0 N–H and O–H groups in total. The Balaban J connectivity index is 0.000000290. The van der Waals surface area contributed by atoms with Crippen molar-refractivity contribution < 1.29 is 28.0 Å². The smallest absolute Gasteiger partial charge is 0.333 e. The summed E-state index contributed by atoms with van der Waals surface area (Å²) in [7, 11) is 0.882. The SMILES string of the molecule is CCCC/C=C(/C)C(=O)OCc1ccc(OC)cc1.CCCCCCCCS(=O)C(C)Cc1ccc2c(c1)OCO2. The van der Waals surface area contributed by atoms with E-state index in [0.29, 0.717) is 19.0 Å². The highest BCUT2D eigenvalue weighted by Crippen LogP contribution is 2.33. The zero-order valence-electron chi connectivity index (χ0n) is 25.7. The van der Waals surface area contributed by atoms with Gasteiger partial charge in [-0.3, -0.25) is 4.21 Å². The minimum atomic E-state index is -0.743. The topological polar surface area (TPSA) is 71.1 Å². The molecule has 0 bridgehead atoms. The molecular formula is C34H50O6S. The van der Waals surface area contributed by atoms with E-state index in [-0.39, 0.29) is 11.2 Å². The van der Waals surface area contributed by atoms with Crippen LogP contribution < -0.4 is 14.2 Å². The van der Waals surface area contributed by atoms with Crippen LogP contribution in [0.1, 0.15) is 96.6 Å². The van der Waals surface area contributed by atoms with E-state index in [1.807, 2.05) is 48.5 Å². The van der Waals surface area contributed by atoms with Crippen molar-refractivity contribution in [2.45, 2.75) is 104 Å². The monoisotopic (exact) mass is 586 g/mol. The predicted molar refractivity (Wildman–Crippen MR) is 168 cm³/mol. The largest absolute Gasteiger partial charge is 0.497 e. The van der Waals surface area contributed by atoms with Crippen LogP contribution in [0.15, 0.2) is 54.1 Å². The Labute approximate surface area is 250 Å². The maximum absolute atomic E-state index is 12.3. The van der Waals surface area contributed by atoms with Gasteiger partial charge in [0.05, 0.1) is 7.11 Å². The number of benzene rings is 2. The third-order valence-corrected chi connectivity index (χ3v) is 8.72. The average molecular weight is 587 g/mol. The Morgan fingerprint density at radius 2 is 1.59 bits per heavy atom. The fourth-order valence-corrected chi connectivity index (χ4v) is 5.58. The number of carbonyl (C=O) groups is 1. The molecule has 0 aromatic heterocycles. The molecular weight excluding hydrogens is 536 g/mol. The van der Waals surface area contributed by atoms with Crippen molar-refractivity contribution >= 4 is 16.8 Å². The third kappa shape index (κ3) is 13.6. The number of allylic oxidation sites excluding steroid dienone is 1. The number of fused-ring (bicyclic) bond motifs is 1. The van der Waals surface area contributed by atoms with Crippen LogP contribution in [0, 0.1) is 0 Å². The van der Waals surface area contributed by atoms with Crippen molar-refractivity contribution in [3.63, 3.8) is 0 Å². The summed E-state index contributed by atoms with van der Waals surface area (Å²) in [6.07, 6.45) is 13.4. The van der Waals surface area contributed by atoms with Crippen LogP contribution in [0.5, 0.6) is 17.2 Å². The zero-order valence-corrected chi connectivity index (χ0v) is 26.6. The maximum atomic E-state index is 12.3. The standard InChI is InChI=1S/C18H28O3S.C16H22O3/c1-3-4-5-6-7-8-11-22(19)15(2)12-16-9-10-17-18(13-16)21-14-20-17;1-4-5-6-7-13(2)16(17)19-12-14-8-10-15(18-3)11-9-14/h9-10,13,15H,3-8,11-12,14H2,1-2H3;7-11H,4-6,12H2,1-3H3/b;13-7-. The normalized spacial score (nSPS) is 13.6. The lowest BCUT2D eigenvalue weighted by molar-refractivity contribution is -0.140. The van der Waals surface area contributed by atoms with Gasteiger partial charge in [-0.05, 0) is 61.6 Å². The van der Waals surface area contributed by atoms with Gasteiger partial charge in [0, 0.05) is 27.4 Å². The maximum Gasteiger partial charge on any atom is 0.333 e. The van der Waals surface area contributed by atoms with Gasteiger partial charge in [-0.15, -0.1) is 0 Å². The second kappa shape index (κ2) is 20.1. The first kappa shape index (κ1) is 34.4. The molecule has 228 valence electrons. The molecule has 1 aliphatic heterocycles. The van der Waals surface area contributed by atoms with Crippen LogP contribution in [-0.4, -0.2) is 35.1 Å². The summed E-state index contributed by atoms with van der Waals surface area (Å²) in [5.41, 5.74) is 2.81. The van der Waals surface area contributed by atoms with Crippen molar-refractivity contribution in [1.29, 1.82) is 0 Å². The molecule has 1 heterocycles. The number of ether oxygens (including phenoxy) is 4. The number of hydrogen-bond donors (Lipinski definition) is 0. The summed E-state index contributed by atoms with van der Waals surface area (Å²) < 4.78 is 33.4. The first-order chi connectivity index (χ1) is 19.9. The fraction of sp³-hybridized carbons (Fsp3) is 0.559. The van der Waals surface area contributed by atoms with Gasteiger partial charge in [0.25, 0.3) is 0 Å². The van der Waals surface area contributed by atoms with E-state index in [1.54, 1.807) is 14.0 Å². The number of hydrogen-bond acceptors (Lipinski definition) is 6. The Kier molecular flexibility index (Phi) is 16.9. The van der Waals surface area contributed by atoms with Gasteiger partial charge in [0.15, 0.2) is 11.5 Å². The predicted octanol–water partition coefficient (Wildman–Crippen LogP) is 8.33. The molecule has 1 aliphatic rings. The lowest BCUT2D eigenvalue weighted by atomic mass is 10.1. The average Bonchev–Trinajstić information content (AvgIpc) is 3.46. The van der Waals surface area contributed by atoms with Gasteiger partial charge in [0.1, 0.15) is 12.4 Å². The van der Waals surface area contributed by atoms with Gasteiger partial charge < -0.3 is 18.9 Å². The molecule has 0 saturated heterocycles. The van der Waals surface area contributed by atoms with Gasteiger partial charge >= 0.3 is 5.97 Å². The van der Waals surface area contributed by atoms with E-state index in [9.17, 15) is 9.00 Å². The van der Waals surface area contributed by atoms with Gasteiger partial charge in [-0.1, -0.05) is 90.0 Å². The lowest BCUT2D eigenvalue weighted by Crippen LogP contribution is -2.16. The molecule has 6 nitrogen and oxygen atoms in total. The van der Waals surface area contributed by atoms with Crippen LogP contribution >= 0.6 is 0 Å². The van der Waals surface area contributed by atoms with E-state index < -0.39 is 10.8 Å². The van der Waals surface area contributed by atoms with Crippen LogP contribution in [0.3, 0.4) is 0 Å². The van der Waals surface area contributed by atoms with Crippen LogP contribution in [0.25, 0.3) is 0 Å². The first-order valence-corrected chi connectivity index (χ1v) is 16.5. The van der Waals surface area contributed by atoms with E-state index in [0.717, 1.165) is 60.7 Å². The van der Waals surface area contributed by atoms with Gasteiger partial charge in [0.2, 0.25) is 6.79 Å². The Morgan fingerprint density at radius 3 is 2.29 bits per heavy atom. The molecule has 3 rings (SSSR count). The number of esters is 1. The third-order valence-electron chi connectivity index (χ3n) is 6.97. The van der Waals surface area contributed by atoms with Crippen LogP contribution in [0.4, 0.5) is 0 Å². The molecule has 2 aromatic carbocycles. The summed E-state index contributed by atoms with van der Waals surface area (Å²) in [6.45, 7) is 8.84. The van der Waals surface area contributed by atoms with Crippen molar-refractivity contribution in [3.8, 4) is 17.2 Å².